The van der Waals surface area contributed by atoms with E-state index in [1.807, 2.05) is 0 Å². The molecule has 0 bridgehead atoms. The van der Waals surface area contributed by atoms with Gasteiger partial charge >= 0.3 is 0 Å². The second kappa shape index (κ2) is 15.2. The van der Waals surface area contributed by atoms with Crippen LogP contribution in [0.1, 0.15) is 74.1 Å². The average molecular weight is 433 g/mol. The zero-order valence-electron chi connectivity index (χ0n) is 20.9. The Balaban J connectivity index is 4.82. The predicted molar refractivity (Wildman–Crippen MR) is 131 cm³/mol. The molecule has 0 aliphatic heterocycles. The minimum atomic E-state index is -1.47. The number of hydrogen-bond acceptors (Lipinski definition) is 2. The summed E-state index contributed by atoms with van der Waals surface area (Å²) in [6.45, 7) is 21.7. The molecule has 0 aromatic carbocycles. The van der Waals surface area contributed by atoms with Gasteiger partial charge in [0.15, 0.2) is 16.6 Å². The van der Waals surface area contributed by atoms with Gasteiger partial charge in [-0.3, -0.25) is 0 Å². The first kappa shape index (κ1) is 28.3. The molecule has 0 aromatic rings. The van der Waals surface area contributed by atoms with E-state index < -0.39 is 16.6 Å². The van der Waals surface area contributed by atoms with Gasteiger partial charge in [0.05, 0.1) is 26.8 Å². The first-order valence-corrected chi connectivity index (χ1v) is 17.5. The summed E-state index contributed by atoms with van der Waals surface area (Å²) >= 11 is 0. The minimum absolute atomic E-state index is 0.934. The van der Waals surface area contributed by atoms with Crippen molar-refractivity contribution in [1.82, 2.24) is 0 Å². The standard InChI is InChI=1S/C23H54NO2Si2/c1-9-16-17-18-19-24(8,20-22-25-27(10-2,11-3)12-4)21-23-26-28(13-5,14-6)15-7/h9-23H2,1-8H3/q+1. The van der Waals surface area contributed by atoms with E-state index in [0.717, 1.165) is 30.8 Å². The van der Waals surface area contributed by atoms with Crippen molar-refractivity contribution in [2.75, 3.05) is 39.9 Å². The Hall–Kier alpha value is 0.314. The summed E-state index contributed by atoms with van der Waals surface area (Å²) in [5.74, 6) is 0. The number of quaternary nitrogens is 1. The van der Waals surface area contributed by atoms with E-state index in [-0.39, 0.29) is 0 Å². The zero-order valence-corrected chi connectivity index (χ0v) is 22.9. The van der Waals surface area contributed by atoms with Crippen LogP contribution in [0.2, 0.25) is 36.3 Å². The maximum Gasteiger partial charge on any atom is 0.192 e. The maximum atomic E-state index is 6.60. The van der Waals surface area contributed by atoms with Crippen LogP contribution >= 0.6 is 0 Å². The van der Waals surface area contributed by atoms with Crippen LogP contribution in [-0.4, -0.2) is 61.0 Å². The first-order chi connectivity index (χ1) is 13.3. The summed E-state index contributed by atoms with van der Waals surface area (Å²) in [5, 5.41) is 0. The quantitative estimate of drug-likeness (QED) is 0.124. The second-order valence-corrected chi connectivity index (χ2v) is 18.6. The van der Waals surface area contributed by atoms with Gasteiger partial charge in [-0.15, -0.1) is 0 Å². The average Bonchev–Trinajstić information content (AvgIpc) is 2.73. The van der Waals surface area contributed by atoms with Crippen molar-refractivity contribution in [2.45, 2.75) is 110 Å². The molecule has 28 heavy (non-hydrogen) atoms. The Kier molecular flexibility index (Phi) is 15.3. The summed E-state index contributed by atoms with van der Waals surface area (Å²) in [4.78, 5) is 0. The molecule has 0 rings (SSSR count). The molecule has 0 saturated carbocycles. The number of rotatable bonds is 19. The molecule has 0 N–H and O–H groups in total. The van der Waals surface area contributed by atoms with Gasteiger partial charge in [0.1, 0.15) is 13.1 Å². The maximum absolute atomic E-state index is 6.60. The van der Waals surface area contributed by atoms with Gasteiger partial charge in [0, 0.05) is 0 Å². The highest BCUT2D eigenvalue weighted by Crippen LogP contribution is 2.23. The predicted octanol–water partition coefficient (Wildman–Crippen LogP) is 7.06. The van der Waals surface area contributed by atoms with Crippen LogP contribution in [0.3, 0.4) is 0 Å². The molecule has 0 aromatic heterocycles. The normalized spacial score (nSPS) is 13.3. The van der Waals surface area contributed by atoms with Gasteiger partial charge in [-0.2, -0.15) is 0 Å². The van der Waals surface area contributed by atoms with E-state index in [2.05, 4.69) is 55.5 Å². The van der Waals surface area contributed by atoms with Crippen LogP contribution in [0, 0.1) is 0 Å². The Labute approximate surface area is 180 Å². The molecule has 0 radical (unpaired) electrons. The van der Waals surface area contributed by atoms with Gasteiger partial charge in [0.25, 0.3) is 0 Å². The van der Waals surface area contributed by atoms with Gasteiger partial charge in [-0.05, 0) is 49.1 Å². The van der Waals surface area contributed by atoms with Crippen molar-refractivity contribution in [3.05, 3.63) is 0 Å². The highest BCUT2D eigenvalue weighted by molar-refractivity contribution is 6.73. The molecule has 3 nitrogen and oxygen atoms in total. The highest BCUT2D eigenvalue weighted by atomic mass is 28.4. The number of unbranched alkanes of at least 4 members (excludes halogenated alkanes) is 3. The third-order valence-electron chi connectivity index (χ3n) is 7.50. The van der Waals surface area contributed by atoms with E-state index in [0.29, 0.717) is 0 Å². The van der Waals surface area contributed by atoms with Gasteiger partial charge < -0.3 is 13.3 Å². The van der Waals surface area contributed by atoms with Gasteiger partial charge in [-0.25, -0.2) is 0 Å². The van der Waals surface area contributed by atoms with Crippen molar-refractivity contribution in [1.29, 1.82) is 0 Å². The lowest BCUT2D eigenvalue weighted by atomic mass is 10.2. The fourth-order valence-corrected chi connectivity index (χ4v) is 9.61. The minimum Gasteiger partial charge on any atom is -0.411 e. The van der Waals surface area contributed by atoms with Gasteiger partial charge in [-0.1, -0.05) is 61.3 Å². The summed E-state index contributed by atoms with van der Waals surface area (Å²) < 4.78 is 14.3. The third-order valence-corrected chi connectivity index (χ3v) is 16.9. The van der Waals surface area contributed by atoms with Crippen LogP contribution in [0.15, 0.2) is 0 Å². The van der Waals surface area contributed by atoms with E-state index in [9.17, 15) is 0 Å². The molecular formula is C23H54NO2Si2+. The fraction of sp³-hybridized carbons (Fsp3) is 1.00. The number of hydrogen-bond donors (Lipinski definition) is 0. The molecule has 0 saturated heterocycles. The van der Waals surface area contributed by atoms with Crippen LogP contribution < -0.4 is 0 Å². The van der Waals surface area contributed by atoms with Crippen molar-refractivity contribution in [2.24, 2.45) is 0 Å². The molecule has 170 valence electrons. The second-order valence-electron chi connectivity index (χ2n) is 9.04. The Bertz CT molecular complexity index is 329. The first-order valence-electron chi connectivity index (χ1n) is 12.5. The topological polar surface area (TPSA) is 18.5 Å². The Morgan fingerprint density at radius 3 is 1.25 bits per heavy atom. The SMILES string of the molecule is CCCCCC[N+](C)(CCO[Si](CC)(CC)CC)CCO[Si](CC)(CC)CC. The van der Waals surface area contributed by atoms with Crippen molar-refractivity contribution in [3.63, 3.8) is 0 Å². The van der Waals surface area contributed by atoms with Crippen LogP contribution in [0.5, 0.6) is 0 Å². The van der Waals surface area contributed by atoms with E-state index >= 15 is 0 Å². The molecule has 0 spiro atoms. The third kappa shape index (κ3) is 9.88. The summed E-state index contributed by atoms with van der Waals surface area (Å²) in [6, 6.07) is 7.51. The largest absolute Gasteiger partial charge is 0.411 e. The zero-order chi connectivity index (χ0) is 21.5. The lowest BCUT2D eigenvalue weighted by Gasteiger charge is -2.38. The molecule has 5 heteroatoms. The van der Waals surface area contributed by atoms with Gasteiger partial charge in [0.2, 0.25) is 0 Å². The smallest absolute Gasteiger partial charge is 0.192 e. The lowest BCUT2D eigenvalue weighted by molar-refractivity contribution is -0.910. The van der Waals surface area contributed by atoms with Crippen LogP contribution in [0.4, 0.5) is 0 Å². The van der Waals surface area contributed by atoms with E-state index in [4.69, 9.17) is 8.85 Å². The number of likely N-dealkylation sites (N-methyl/N-ethyl adjacent to an activating group) is 1. The fourth-order valence-electron chi connectivity index (χ4n) is 4.33. The van der Waals surface area contributed by atoms with E-state index in [1.165, 1.54) is 68.5 Å². The lowest BCUT2D eigenvalue weighted by Crippen LogP contribution is -2.51. The summed E-state index contributed by atoms with van der Waals surface area (Å²) in [5.41, 5.74) is 0. The van der Waals surface area contributed by atoms with Crippen LogP contribution in [-0.2, 0) is 8.85 Å². The van der Waals surface area contributed by atoms with Crippen molar-refractivity contribution in [3.8, 4) is 0 Å². The molecule has 0 fully saturated rings. The molecule has 0 aliphatic carbocycles. The molecule has 0 atom stereocenters. The van der Waals surface area contributed by atoms with E-state index in [1.54, 1.807) is 0 Å². The molecule has 0 heterocycles. The highest BCUT2D eigenvalue weighted by Gasteiger charge is 2.32. The van der Waals surface area contributed by atoms with Crippen molar-refractivity contribution < 1.29 is 13.3 Å². The summed E-state index contributed by atoms with van der Waals surface area (Å²) in [7, 11) is -0.505. The van der Waals surface area contributed by atoms with Crippen LogP contribution in [0.25, 0.3) is 0 Å². The summed E-state index contributed by atoms with van der Waals surface area (Å²) in [6.07, 6.45) is 5.37. The number of nitrogens with zero attached hydrogens (tertiary/aromatic N) is 1. The molecule has 0 unspecified atom stereocenters. The molecular weight excluding hydrogens is 378 g/mol. The van der Waals surface area contributed by atoms with Crippen molar-refractivity contribution >= 4 is 16.6 Å². The Morgan fingerprint density at radius 1 is 0.536 bits per heavy atom. The molecule has 0 amide bonds. The molecule has 0 aliphatic rings. The monoisotopic (exact) mass is 432 g/mol. The Morgan fingerprint density at radius 2 is 0.929 bits per heavy atom.